The third-order valence-electron chi connectivity index (χ3n) is 2.78. The van der Waals surface area contributed by atoms with Crippen LogP contribution in [0.1, 0.15) is 6.92 Å². The molecule has 0 aliphatic rings. The molecule has 1 aromatic carbocycles. The van der Waals surface area contributed by atoms with E-state index in [0.29, 0.717) is 10.1 Å². The molecule has 2 rings (SSSR count). The van der Waals surface area contributed by atoms with Crippen LogP contribution >= 0.6 is 11.3 Å². The number of aromatic nitrogens is 2. The van der Waals surface area contributed by atoms with Crippen molar-refractivity contribution in [3.8, 4) is 16.3 Å². The SMILES string of the molecule is COc1ccc(-c2nnc(NC(=O)[C@@H](C)NS(C)(=O)=O)s2)cc1. The Bertz CT molecular complexity index is 787. The van der Waals surface area contributed by atoms with E-state index in [0.717, 1.165) is 17.6 Å². The first-order chi connectivity index (χ1) is 10.8. The Morgan fingerprint density at radius 3 is 2.48 bits per heavy atom. The highest BCUT2D eigenvalue weighted by Crippen LogP contribution is 2.27. The molecular weight excluding hydrogens is 340 g/mol. The van der Waals surface area contributed by atoms with Gasteiger partial charge in [-0.25, -0.2) is 13.1 Å². The lowest BCUT2D eigenvalue weighted by Gasteiger charge is -2.10. The molecule has 1 aromatic heterocycles. The van der Waals surface area contributed by atoms with Crippen LogP contribution in [0.2, 0.25) is 0 Å². The number of sulfonamides is 1. The van der Waals surface area contributed by atoms with E-state index in [1.165, 1.54) is 18.3 Å². The molecule has 2 aromatic rings. The second-order valence-corrected chi connectivity index (χ2v) is 7.50. The van der Waals surface area contributed by atoms with E-state index in [-0.39, 0.29) is 0 Å². The molecule has 1 atom stereocenters. The van der Waals surface area contributed by atoms with E-state index in [4.69, 9.17) is 4.74 Å². The molecule has 0 saturated heterocycles. The molecule has 124 valence electrons. The van der Waals surface area contributed by atoms with Crippen molar-refractivity contribution in [1.29, 1.82) is 0 Å². The maximum Gasteiger partial charge on any atom is 0.244 e. The Labute approximate surface area is 137 Å². The topological polar surface area (TPSA) is 110 Å². The Morgan fingerprint density at radius 1 is 1.26 bits per heavy atom. The van der Waals surface area contributed by atoms with Gasteiger partial charge < -0.3 is 4.74 Å². The highest BCUT2D eigenvalue weighted by molar-refractivity contribution is 7.88. The molecule has 8 nitrogen and oxygen atoms in total. The second-order valence-electron chi connectivity index (χ2n) is 4.74. The average Bonchev–Trinajstić information content (AvgIpc) is 2.94. The summed E-state index contributed by atoms with van der Waals surface area (Å²) in [6, 6.07) is 6.36. The summed E-state index contributed by atoms with van der Waals surface area (Å²) < 4.78 is 29.5. The number of carbonyl (C=O) groups excluding carboxylic acids is 1. The highest BCUT2D eigenvalue weighted by Gasteiger charge is 2.18. The molecule has 0 aliphatic carbocycles. The maximum absolute atomic E-state index is 11.9. The summed E-state index contributed by atoms with van der Waals surface area (Å²) in [7, 11) is -1.88. The summed E-state index contributed by atoms with van der Waals surface area (Å²) in [5.41, 5.74) is 0.839. The zero-order valence-corrected chi connectivity index (χ0v) is 14.4. The fourth-order valence-electron chi connectivity index (χ4n) is 1.71. The maximum atomic E-state index is 11.9. The number of carbonyl (C=O) groups is 1. The van der Waals surface area contributed by atoms with Crippen LogP contribution in [0, 0.1) is 0 Å². The number of anilines is 1. The first-order valence-corrected chi connectivity index (χ1v) is 9.25. The van der Waals surface area contributed by atoms with Crippen molar-refractivity contribution in [2.75, 3.05) is 18.7 Å². The summed E-state index contributed by atoms with van der Waals surface area (Å²) in [5.74, 6) is 0.223. The molecular formula is C13H16N4O4S2. The molecule has 2 N–H and O–H groups in total. The van der Waals surface area contributed by atoms with Crippen molar-refractivity contribution >= 4 is 32.4 Å². The van der Waals surface area contributed by atoms with Gasteiger partial charge in [0.25, 0.3) is 0 Å². The van der Waals surface area contributed by atoms with Crippen LogP contribution in [-0.4, -0.2) is 43.9 Å². The van der Waals surface area contributed by atoms with Gasteiger partial charge in [0.2, 0.25) is 21.1 Å². The zero-order chi connectivity index (χ0) is 17.0. The second kappa shape index (κ2) is 7.02. The first-order valence-electron chi connectivity index (χ1n) is 6.54. The molecule has 0 radical (unpaired) electrons. The lowest BCUT2D eigenvalue weighted by molar-refractivity contribution is -0.117. The molecule has 0 fully saturated rings. The van der Waals surface area contributed by atoms with Gasteiger partial charge in [0, 0.05) is 5.56 Å². The number of methoxy groups -OCH3 is 1. The number of rotatable bonds is 6. The number of hydrogen-bond donors (Lipinski definition) is 2. The number of amides is 1. The summed E-state index contributed by atoms with van der Waals surface area (Å²) >= 11 is 1.19. The van der Waals surface area contributed by atoms with Gasteiger partial charge in [-0.15, -0.1) is 10.2 Å². The molecule has 0 spiro atoms. The Morgan fingerprint density at radius 2 is 1.91 bits per heavy atom. The normalized spacial score (nSPS) is 12.7. The Hall–Kier alpha value is -2.04. The fourth-order valence-corrected chi connectivity index (χ4v) is 3.21. The minimum atomic E-state index is -3.46. The number of nitrogens with zero attached hydrogens (tertiary/aromatic N) is 2. The standard InChI is InChI=1S/C13H16N4O4S2/c1-8(17-23(3,19)20)11(18)14-13-16-15-12(22-13)9-4-6-10(21-2)7-5-9/h4-8,17H,1-3H3,(H,14,16,18)/t8-/m1/s1. The van der Waals surface area contributed by atoms with E-state index in [9.17, 15) is 13.2 Å². The molecule has 0 unspecified atom stereocenters. The van der Waals surface area contributed by atoms with E-state index in [1.807, 2.05) is 12.1 Å². The van der Waals surface area contributed by atoms with Crippen molar-refractivity contribution in [1.82, 2.24) is 14.9 Å². The van der Waals surface area contributed by atoms with Crippen LogP contribution in [-0.2, 0) is 14.8 Å². The van der Waals surface area contributed by atoms with Gasteiger partial charge in [0.05, 0.1) is 19.4 Å². The largest absolute Gasteiger partial charge is 0.497 e. The minimum Gasteiger partial charge on any atom is -0.497 e. The summed E-state index contributed by atoms with van der Waals surface area (Å²) in [4.78, 5) is 11.9. The van der Waals surface area contributed by atoms with Gasteiger partial charge in [-0.3, -0.25) is 10.1 Å². The van der Waals surface area contributed by atoms with Gasteiger partial charge in [0.1, 0.15) is 10.8 Å². The van der Waals surface area contributed by atoms with Crippen molar-refractivity contribution in [3.05, 3.63) is 24.3 Å². The van der Waals surface area contributed by atoms with Crippen LogP contribution in [0.4, 0.5) is 5.13 Å². The third-order valence-corrected chi connectivity index (χ3v) is 4.45. The van der Waals surface area contributed by atoms with Crippen molar-refractivity contribution in [2.45, 2.75) is 13.0 Å². The molecule has 0 aliphatic heterocycles. The van der Waals surface area contributed by atoms with Gasteiger partial charge in [-0.1, -0.05) is 11.3 Å². The van der Waals surface area contributed by atoms with Gasteiger partial charge in [-0.05, 0) is 31.2 Å². The van der Waals surface area contributed by atoms with Crippen LogP contribution < -0.4 is 14.8 Å². The molecule has 1 amide bonds. The van der Waals surface area contributed by atoms with Crippen LogP contribution in [0.25, 0.3) is 10.6 Å². The number of nitrogens with one attached hydrogen (secondary N) is 2. The predicted octanol–water partition coefficient (Wildman–Crippen LogP) is 1.09. The van der Waals surface area contributed by atoms with E-state index in [1.54, 1.807) is 19.2 Å². The molecule has 23 heavy (non-hydrogen) atoms. The number of hydrogen-bond acceptors (Lipinski definition) is 7. The quantitative estimate of drug-likeness (QED) is 0.802. The van der Waals surface area contributed by atoms with E-state index < -0.39 is 22.0 Å². The van der Waals surface area contributed by atoms with Crippen LogP contribution in [0.3, 0.4) is 0 Å². The van der Waals surface area contributed by atoms with Gasteiger partial charge in [0.15, 0.2) is 0 Å². The van der Waals surface area contributed by atoms with Crippen LogP contribution in [0.5, 0.6) is 5.75 Å². The smallest absolute Gasteiger partial charge is 0.244 e. The van der Waals surface area contributed by atoms with Crippen molar-refractivity contribution < 1.29 is 17.9 Å². The Balaban J connectivity index is 2.05. The van der Waals surface area contributed by atoms with E-state index in [2.05, 4.69) is 20.2 Å². The van der Waals surface area contributed by atoms with Gasteiger partial charge >= 0.3 is 0 Å². The average molecular weight is 356 g/mol. The summed E-state index contributed by atoms with van der Waals surface area (Å²) in [5, 5.41) is 11.3. The predicted molar refractivity (Wildman–Crippen MR) is 88.0 cm³/mol. The lowest BCUT2D eigenvalue weighted by Crippen LogP contribution is -2.40. The number of benzene rings is 1. The fraction of sp³-hybridized carbons (Fsp3) is 0.308. The molecule has 0 saturated carbocycles. The third kappa shape index (κ3) is 4.98. The number of ether oxygens (including phenoxy) is 1. The molecule has 1 heterocycles. The van der Waals surface area contributed by atoms with E-state index >= 15 is 0 Å². The summed E-state index contributed by atoms with van der Waals surface area (Å²) in [6.07, 6.45) is 0.990. The van der Waals surface area contributed by atoms with Crippen molar-refractivity contribution in [3.63, 3.8) is 0 Å². The van der Waals surface area contributed by atoms with Crippen molar-refractivity contribution in [2.24, 2.45) is 0 Å². The first kappa shape index (κ1) is 17.3. The highest BCUT2D eigenvalue weighted by atomic mass is 32.2. The van der Waals surface area contributed by atoms with Gasteiger partial charge in [-0.2, -0.15) is 0 Å². The minimum absolute atomic E-state index is 0.294. The van der Waals surface area contributed by atoms with Crippen LogP contribution in [0.15, 0.2) is 24.3 Å². The monoisotopic (exact) mass is 356 g/mol. The Kier molecular flexibility index (Phi) is 5.29. The zero-order valence-electron chi connectivity index (χ0n) is 12.7. The molecule has 10 heteroatoms. The molecule has 0 bridgehead atoms. The lowest BCUT2D eigenvalue weighted by atomic mass is 10.2. The summed E-state index contributed by atoms with van der Waals surface area (Å²) in [6.45, 7) is 1.45.